The highest BCUT2D eigenvalue weighted by Crippen LogP contribution is 1.78. The minimum atomic E-state index is -1.14. The fourth-order valence-corrected chi connectivity index (χ4v) is 1.36. The van der Waals surface area contributed by atoms with E-state index in [1.807, 2.05) is 0 Å². The molecule has 0 amide bonds. The number of hydrogen-bond donors (Lipinski definition) is 1. The van der Waals surface area contributed by atoms with Gasteiger partial charge in [-0.25, -0.2) is 0 Å². The molecule has 0 unspecified atom stereocenters. The minimum Gasteiger partial charge on any atom is -0.384 e. The summed E-state index contributed by atoms with van der Waals surface area (Å²) < 4.78 is 9.94. The molecule has 0 heterocycles. The van der Waals surface area contributed by atoms with Crippen LogP contribution in [0.15, 0.2) is 0 Å². The zero-order valence-electron chi connectivity index (χ0n) is 6.23. The fourth-order valence-electron chi connectivity index (χ4n) is 0.455. The molecule has 0 spiro atoms. The predicted molar refractivity (Wildman–Crippen MR) is 38.1 cm³/mol. The van der Waals surface area contributed by atoms with E-state index in [0.717, 1.165) is 13.0 Å². The SMILES string of the molecule is CCCN[Si](OC)OC. The second kappa shape index (κ2) is 6.22. The molecule has 0 saturated heterocycles. The Morgan fingerprint density at radius 3 is 2.22 bits per heavy atom. The Morgan fingerprint density at radius 1 is 1.33 bits per heavy atom. The van der Waals surface area contributed by atoms with Crippen molar-refractivity contribution in [1.29, 1.82) is 0 Å². The Balaban J connectivity index is 3.09. The summed E-state index contributed by atoms with van der Waals surface area (Å²) in [6, 6.07) is 0. The molecular weight excluding hydrogens is 134 g/mol. The van der Waals surface area contributed by atoms with E-state index in [4.69, 9.17) is 8.85 Å². The van der Waals surface area contributed by atoms with Crippen LogP contribution >= 0.6 is 0 Å². The number of hydrogen-bond acceptors (Lipinski definition) is 3. The van der Waals surface area contributed by atoms with Crippen LogP contribution in [0.2, 0.25) is 0 Å². The molecule has 0 fully saturated rings. The molecule has 0 rings (SSSR count). The van der Waals surface area contributed by atoms with Crippen molar-refractivity contribution in [3.63, 3.8) is 0 Å². The first-order valence-corrected chi connectivity index (χ1v) is 4.35. The zero-order valence-corrected chi connectivity index (χ0v) is 7.23. The molecular formula is C5H14NO2Si. The van der Waals surface area contributed by atoms with Gasteiger partial charge in [0.1, 0.15) is 0 Å². The van der Waals surface area contributed by atoms with E-state index in [1.54, 1.807) is 14.2 Å². The van der Waals surface area contributed by atoms with Crippen molar-refractivity contribution in [3.05, 3.63) is 0 Å². The topological polar surface area (TPSA) is 30.5 Å². The van der Waals surface area contributed by atoms with Crippen molar-refractivity contribution in [2.45, 2.75) is 13.3 Å². The molecule has 0 saturated carbocycles. The first kappa shape index (κ1) is 9.10. The Bertz CT molecular complexity index is 58.9. The maximum absolute atomic E-state index is 4.97. The monoisotopic (exact) mass is 148 g/mol. The van der Waals surface area contributed by atoms with E-state index in [2.05, 4.69) is 11.9 Å². The van der Waals surface area contributed by atoms with Crippen molar-refractivity contribution in [1.82, 2.24) is 4.98 Å². The number of rotatable bonds is 5. The van der Waals surface area contributed by atoms with Crippen LogP contribution in [-0.2, 0) is 8.85 Å². The van der Waals surface area contributed by atoms with Gasteiger partial charge in [-0.05, 0) is 13.0 Å². The van der Waals surface area contributed by atoms with Crippen LogP contribution in [0.4, 0.5) is 0 Å². The smallest absolute Gasteiger partial charge is 0.384 e. The molecule has 0 atom stereocenters. The van der Waals surface area contributed by atoms with Gasteiger partial charge in [0.2, 0.25) is 0 Å². The summed E-state index contributed by atoms with van der Waals surface area (Å²) in [7, 11) is 2.17. The maximum atomic E-state index is 4.97. The van der Waals surface area contributed by atoms with Crippen LogP contribution in [-0.4, -0.2) is 30.2 Å². The van der Waals surface area contributed by atoms with E-state index in [1.165, 1.54) is 0 Å². The summed E-state index contributed by atoms with van der Waals surface area (Å²) in [6.45, 7) is 3.08. The van der Waals surface area contributed by atoms with Gasteiger partial charge in [0.15, 0.2) is 0 Å². The van der Waals surface area contributed by atoms with Crippen LogP contribution in [0, 0.1) is 0 Å². The Morgan fingerprint density at radius 2 is 1.89 bits per heavy atom. The standard InChI is InChI=1S/C5H14NO2Si/c1-4-5-6-9(7-2)8-3/h6H,4-5H2,1-3H3. The van der Waals surface area contributed by atoms with Crippen LogP contribution in [0.5, 0.6) is 0 Å². The molecule has 9 heavy (non-hydrogen) atoms. The lowest BCUT2D eigenvalue weighted by Gasteiger charge is -2.08. The van der Waals surface area contributed by atoms with E-state index < -0.39 is 9.45 Å². The Labute approximate surface area is 58.3 Å². The maximum Gasteiger partial charge on any atom is 0.487 e. The van der Waals surface area contributed by atoms with Gasteiger partial charge in [0.25, 0.3) is 0 Å². The summed E-state index contributed by atoms with van der Waals surface area (Å²) in [5.74, 6) is 0. The van der Waals surface area contributed by atoms with Crippen molar-refractivity contribution >= 4 is 9.45 Å². The van der Waals surface area contributed by atoms with Crippen molar-refractivity contribution in [2.75, 3.05) is 20.8 Å². The van der Waals surface area contributed by atoms with Gasteiger partial charge in [0.05, 0.1) is 0 Å². The van der Waals surface area contributed by atoms with Crippen LogP contribution < -0.4 is 4.98 Å². The lowest BCUT2D eigenvalue weighted by molar-refractivity contribution is 0.265. The molecule has 0 aliphatic carbocycles. The largest absolute Gasteiger partial charge is 0.487 e. The Hall–Kier alpha value is 0.0969. The molecule has 4 heteroatoms. The molecule has 1 radical (unpaired) electrons. The van der Waals surface area contributed by atoms with Gasteiger partial charge >= 0.3 is 9.45 Å². The average molecular weight is 148 g/mol. The predicted octanol–water partition coefficient (Wildman–Crippen LogP) is 0.264. The van der Waals surface area contributed by atoms with Crippen molar-refractivity contribution < 1.29 is 8.85 Å². The quantitative estimate of drug-likeness (QED) is 0.567. The van der Waals surface area contributed by atoms with Gasteiger partial charge < -0.3 is 8.85 Å². The van der Waals surface area contributed by atoms with E-state index in [-0.39, 0.29) is 0 Å². The molecule has 0 aromatic carbocycles. The molecule has 1 N–H and O–H groups in total. The molecule has 0 aromatic rings. The summed E-state index contributed by atoms with van der Waals surface area (Å²) >= 11 is 0. The summed E-state index contributed by atoms with van der Waals surface area (Å²) in [6.07, 6.45) is 1.11. The third-order valence-corrected chi connectivity index (χ3v) is 2.17. The molecule has 0 aliphatic heterocycles. The second-order valence-electron chi connectivity index (χ2n) is 1.62. The van der Waals surface area contributed by atoms with Gasteiger partial charge in [-0.15, -0.1) is 0 Å². The highest BCUT2D eigenvalue weighted by atomic mass is 28.3. The second-order valence-corrected chi connectivity index (χ2v) is 3.37. The normalized spacial score (nSPS) is 10.7. The summed E-state index contributed by atoms with van der Waals surface area (Å²) in [5, 5.41) is 0. The minimum absolute atomic E-state index is 0.968. The molecule has 3 nitrogen and oxygen atoms in total. The third-order valence-electron chi connectivity index (χ3n) is 0.890. The third kappa shape index (κ3) is 4.59. The summed E-state index contributed by atoms with van der Waals surface area (Å²) in [4.78, 5) is 3.13. The molecule has 0 bridgehead atoms. The highest BCUT2D eigenvalue weighted by molar-refractivity contribution is 6.41. The molecule has 0 aromatic heterocycles. The zero-order chi connectivity index (χ0) is 7.11. The van der Waals surface area contributed by atoms with Gasteiger partial charge in [0, 0.05) is 14.2 Å². The van der Waals surface area contributed by atoms with Crippen LogP contribution in [0.25, 0.3) is 0 Å². The van der Waals surface area contributed by atoms with Gasteiger partial charge in [-0.1, -0.05) is 6.92 Å². The lowest BCUT2D eigenvalue weighted by atomic mass is 10.5. The highest BCUT2D eigenvalue weighted by Gasteiger charge is 2.09. The lowest BCUT2D eigenvalue weighted by Crippen LogP contribution is -2.38. The number of nitrogens with one attached hydrogen (secondary N) is 1. The first-order valence-electron chi connectivity index (χ1n) is 3.04. The van der Waals surface area contributed by atoms with E-state index >= 15 is 0 Å². The molecule has 55 valence electrons. The van der Waals surface area contributed by atoms with Crippen molar-refractivity contribution in [2.24, 2.45) is 0 Å². The van der Waals surface area contributed by atoms with Crippen molar-refractivity contribution in [3.8, 4) is 0 Å². The average Bonchev–Trinajstić information content (AvgIpc) is 1.91. The fraction of sp³-hybridized carbons (Fsp3) is 1.00. The Kier molecular flexibility index (Phi) is 6.29. The summed E-state index contributed by atoms with van der Waals surface area (Å²) in [5.41, 5.74) is 0. The van der Waals surface area contributed by atoms with Gasteiger partial charge in [-0.3, -0.25) is 4.98 Å². The van der Waals surface area contributed by atoms with Crippen LogP contribution in [0.3, 0.4) is 0 Å². The first-order chi connectivity index (χ1) is 4.35. The van der Waals surface area contributed by atoms with E-state index in [0.29, 0.717) is 0 Å². The molecule has 0 aliphatic rings. The van der Waals surface area contributed by atoms with E-state index in [9.17, 15) is 0 Å². The van der Waals surface area contributed by atoms with Crippen LogP contribution in [0.1, 0.15) is 13.3 Å². The van der Waals surface area contributed by atoms with Gasteiger partial charge in [-0.2, -0.15) is 0 Å².